The van der Waals surface area contributed by atoms with E-state index in [9.17, 15) is 14.7 Å². The quantitative estimate of drug-likeness (QED) is 0.728. The minimum absolute atomic E-state index is 0.0149. The molecule has 0 spiro atoms. The lowest BCUT2D eigenvalue weighted by molar-refractivity contribution is 0.0918. The number of hydrogen-bond donors (Lipinski definition) is 3. The molecule has 2 heterocycles. The highest BCUT2D eigenvalue weighted by Crippen LogP contribution is 2.27. The predicted octanol–water partition coefficient (Wildman–Crippen LogP) is 1.53. The van der Waals surface area contributed by atoms with Crippen molar-refractivity contribution in [1.29, 1.82) is 0 Å². The lowest BCUT2D eigenvalue weighted by atomic mass is 10.00. The highest BCUT2D eigenvalue weighted by atomic mass is 16.3. The maximum Gasteiger partial charge on any atom is 0.294 e. The van der Waals surface area contributed by atoms with Crippen molar-refractivity contribution < 1.29 is 9.90 Å². The van der Waals surface area contributed by atoms with Crippen molar-refractivity contribution in [3.05, 3.63) is 34.0 Å². The summed E-state index contributed by atoms with van der Waals surface area (Å²) in [5, 5.41) is 12.8. The van der Waals surface area contributed by atoms with Crippen molar-refractivity contribution in [2.75, 3.05) is 6.54 Å². The minimum atomic E-state index is -0.726. The molecule has 128 valence electrons. The van der Waals surface area contributed by atoms with Crippen molar-refractivity contribution >= 4 is 11.6 Å². The average molecular weight is 330 g/mol. The second kappa shape index (κ2) is 6.98. The molecule has 1 aliphatic heterocycles. The number of dihydropyridines is 1. The first-order valence-electron chi connectivity index (χ1n) is 8.39. The van der Waals surface area contributed by atoms with Crippen LogP contribution in [-0.2, 0) is 0 Å². The third-order valence-electron chi connectivity index (χ3n) is 4.71. The van der Waals surface area contributed by atoms with Gasteiger partial charge in [0.05, 0.1) is 12.3 Å². The Morgan fingerprint density at radius 1 is 1.38 bits per heavy atom. The van der Waals surface area contributed by atoms with Gasteiger partial charge in [-0.15, -0.1) is 0 Å². The van der Waals surface area contributed by atoms with Gasteiger partial charge in [-0.25, -0.2) is 4.98 Å². The number of aromatic nitrogens is 2. The van der Waals surface area contributed by atoms with Gasteiger partial charge in [0, 0.05) is 12.5 Å². The maximum atomic E-state index is 12.5. The monoisotopic (exact) mass is 330 g/mol. The van der Waals surface area contributed by atoms with Gasteiger partial charge < -0.3 is 15.4 Å². The molecule has 3 N–H and O–H groups in total. The molecule has 1 aromatic rings. The summed E-state index contributed by atoms with van der Waals surface area (Å²) < 4.78 is 0. The van der Waals surface area contributed by atoms with E-state index in [-0.39, 0.29) is 17.6 Å². The number of rotatable bonds is 4. The normalized spacial score (nSPS) is 19.1. The number of H-pyrrole nitrogens is 1. The van der Waals surface area contributed by atoms with Crippen molar-refractivity contribution in [3.63, 3.8) is 0 Å². The highest BCUT2D eigenvalue weighted by Gasteiger charge is 2.26. The Kier molecular flexibility index (Phi) is 4.78. The zero-order chi connectivity index (χ0) is 17.1. The first-order valence-corrected chi connectivity index (χ1v) is 8.39. The SMILES string of the molecule is CC(NC(=O)c1nc(C2=NCC=CC2)[nH]c(=O)c1O)C1CCCC1. The van der Waals surface area contributed by atoms with Crippen LogP contribution in [0.2, 0.25) is 0 Å². The summed E-state index contributed by atoms with van der Waals surface area (Å²) in [4.78, 5) is 35.4. The van der Waals surface area contributed by atoms with Gasteiger partial charge in [-0.1, -0.05) is 25.0 Å². The van der Waals surface area contributed by atoms with Gasteiger partial charge in [-0.05, 0) is 25.7 Å². The second-order valence-corrected chi connectivity index (χ2v) is 6.38. The van der Waals surface area contributed by atoms with Gasteiger partial charge in [0.2, 0.25) is 5.75 Å². The first-order chi connectivity index (χ1) is 11.6. The minimum Gasteiger partial charge on any atom is -0.501 e. The van der Waals surface area contributed by atoms with E-state index in [0.717, 1.165) is 12.8 Å². The second-order valence-electron chi connectivity index (χ2n) is 6.38. The molecule has 0 radical (unpaired) electrons. The number of aromatic amines is 1. The zero-order valence-corrected chi connectivity index (χ0v) is 13.7. The lowest BCUT2D eigenvalue weighted by Gasteiger charge is -2.20. The molecule has 0 saturated heterocycles. The molecule has 1 fully saturated rings. The van der Waals surface area contributed by atoms with Gasteiger partial charge in [0.25, 0.3) is 11.5 Å². The van der Waals surface area contributed by atoms with Crippen molar-refractivity contribution in [1.82, 2.24) is 15.3 Å². The molecular weight excluding hydrogens is 308 g/mol. The number of amides is 1. The summed E-state index contributed by atoms with van der Waals surface area (Å²) in [6, 6.07) is -0.0149. The Morgan fingerprint density at radius 3 is 2.79 bits per heavy atom. The molecule has 1 aliphatic carbocycles. The van der Waals surface area contributed by atoms with Gasteiger partial charge in [0.15, 0.2) is 11.5 Å². The molecular formula is C17H22N4O3. The van der Waals surface area contributed by atoms with Gasteiger partial charge in [0.1, 0.15) is 0 Å². The number of carbonyl (C=O) groups is 1. The molecule has 0 aromatic carbocycles. The standard InChI is InChI=1S/C17H22N4O3/c1-10(11-6-2-3-7-11)19-16(23)13-14(22)17(24)21-15(20-13)12-8-4-5-9-18-12/h4-5,10-11,22H,2-3,6-9H2,1H3,(H,19,23)(H,20,21,24). The topological polar surface area (TPSA) is 107 Å². The summed E-state index contributed by atoms with van der Waals surface area (Å²) in [6.45, 7) is 2.47. The van der Waals surface area contributed by atoms with Crippen LogP contribution in [0.4, 0.5) is 0 Å². The zero-order valence-electron chi connectivity index (χ0n) is 13.7. The van der Waals surface area contributed by atoms with E-state index in [0.29, 0.717) is 24.6 Å². The van der Waals surface area contributed by atoms with Crippen molar-refractivity contribution in [3.8, 4) is 5.75 Å². The van der Waals surface area contributed by atoms with Crippen molar-refractivity contribution in [2.24, 2.45) is 10.9 Å². The Labute approximate surface area is 139 Å². The molecule has 7 nitrogen and oxygen atoms in total. The van der Waals surface area contributed by atoms with Crippen LogP contribution >= 0.6 is 0 Å². The number of aliphatic imine (C=N–C) groups is 1. The number of allylic oxidation sites excluding steroid dienone is 1. The van der Waals surface area contributed by atoms with E-state index in [4.69, 9.17) is 0 Å². The van der Waals surface area contributed by atoms with E-state index in [2.05, 4.69) is 20.3 Å². The summed E-state index contributed by atoms with van der Waals surface area (Å²) in [6.07, 6.45) is 8.91. The molecule has 1 amide bonds. The smallest absolute Gasteiger partial charge is 0.294 e. The summed E-state index contributed by atoms with van der Waals surface area (Å²) in [5.74, 6) is -0.501. The Hall–Kier alpha value is -2.44. The molecule has 2 aliphatic rings. The lowest BCUT2D eigenvalue weighted by Crippen LogP contribution is -2.38. The predicted molar refractivity (Wildman–Crippen MR) is 90.6 cm³/mol. The van der Waals surface area contributed by atoms with E-state index in [1.54, 1.807) is 0 Å². The van der Waals surface area contributed by atoms with Gasteiger partial charge in [-0.3, -0.25) is 14.6 Å². The van der Waals surface area contributed by atoms with Crippen LogP contribution in [0, 0.1) is 5.92 Å². The Morgan fingerprint density at radius 2 is 2.12 bits per heavy atom. The summed E-state index contributed by atoms with van der Waals surface area (Å²) in [7, 11) is 0. The van der Waals surface area contributed by atoms with E-state index in [1.807, 2.05) is 19.1 Å². The number of nitrogens with zero attached hydrogens (tertiary/aromatic N) is 2. The molecule has 24 heavy (non-hydrogen) atoms. The maximum absolute atomic E-state index is 12.5. The fourth-order valence-electron chi connectivity index (χ4n) is 3.28. The third kappa shape index (κ3) is 3.39. The highest BCUT2D eigenvalue weighted by molar-refractivity contribution is 6.01. The summed E-state index contributed by atoms with van der Waals surface area (Å²) in [5.41, 5.74) is -0.362. The molecule has 1 aromatic heterocycles. The molecule has 1 atom stereocenters. The van der Waals surface area contributed by atoms with Crippen LogP contribution in [0.1, 0.15) is 55.3 Å². The third-order valence-corrected chi connectivity index (χ3v) is 4.71. The Bertz CT molecular complexity index is 745. The molecule has 3 rings (SSSR count). The van der Waals surface area contributed by atoms with Gasteiger partial charge >= 0.3 is 0 Å². The largest absolute Gasteiger partial charge is 0.501 e. The van der Waals surface area contributed by atoms with Crippen LogP contribution in [0.5, 0.6) is 5.75 Å². The number of carbonyl (C=O) groups excluding carboxylic acids is 1. The van der Waals surface area contributed by atoms with Crippen LogP contribution in [0.25, 0.3) is 0 Å². The number of aromatic hydroxyl groups is 1. The molecule has 0 bridgehead atoms. The Balaban J connectivity index is 1.83. The first kappa shape index (κ1) is 16.4. The fraction of sp³-hybridized carbons (Fsp3) is 0.529. The molecule has 1 saturated carbocycles. The van der Waals surface area contributed by atoms with Crippen LogP contribution in [0.3, 0.4) is 0 Å². The number of nitrogens with one attached hydrogen (secondary N) is 2. The van der Waals surface area contributed by atoms with Crippen LogP contribution in [-0.4, -0.2) is 39.3 Å². The molecule has 1 unspecified atom stereocenters. The fourth-order valence-corrected chi connectivity index (χ4v) is 3.28. The van der Waals surface area contributed by atoms with Crippen LogP contribution in [0.15, 0.2) is 21.9 Å². The summed E-state index contributed by atoms with van der Waals surface area (Å²) >= 11 is 0. The van der Waals surface area contributed by atoms with E-state index < -0.39 is 17.2 Å². The molecule has 7 heteroatoms. The van der Waals surface area contributed by atoms with E-state index in [1.165, 1.54) is 12.8 Å². The van der Waals surface area contributed by atoms with Crippen molar-refractivity contribution in [2.45, 2.75) is 45.1 Å². The van der Waals surface area contributed by atoms with Gasteiger partial charge in [-0.2, -0.15) is 0 Å². The average Bonchev–Trinajstić information content (AvgIpc) is 3.12. The van der Waals surface area contributed by atoms with Crippen LogP contribution < -0.4 is 10.9 Å². The number of hydrogen-bond acceptors (Lipinski definition) is 5. The van der Waals surface area contributed by atoms with E-state index >= 15 is 0 Å².